The molecular weight excluding hydrogens is 297 g/mol. The fourth-order valence-electron chi connectivity index (χ4n) is 2.86. The molecule has 1 saturated carbocycles. The van der Waals surface area contributed by atoms with Crippen molar-refractivity contribution >= 4 is 0 Å². The highest BCUT2D eigenvalue weighted by Crippen LogP contribution is 2.35. The fourth-order valence-corrected chi connectivity index (χ4v) is 2.86. The molecule has 3 nitrogen and oxygen atoms in total. The number of halogens is 3. The zero-order chi connectivity index (χ0) is 15.5. The lowest BCUT2D eigenvalue weighted by atomic mass is 9.82. The highest BCUT2D eigenvalue weighted by molar-refractivity contribution is 5.23. The largest absolute Gasteiger partial charge is 0.371 e. The average Bonchev–Trinajstić information content (AvgIpc) is 3.33. The first kappa shape index (κ1) is 15.8. The smallest absolute Gasteiger partial charge is 0.194 e. The third-order valence-electron chi connectivity index (χ3n) is 4.24. The monoisotopic (exact) mass is 316 g/mol. The Balaban J connectivity index is 1.44. The summed E-state index contributed by atoms with van der Waals surface area (Å²) in [7, 11) is 0. The molecule has 6 heteroatoms. The van der Waals surface area contributed by atoms with Crippen molar-refractivity contribution in [1.82, 2.24) is 0 Å². The van der Waals surface area contributed by atoms with Crippen molar-refractivity contribution in [2.75, 3.05) is 20.0 Å². The lowest BCUT2D eigenvalue weighted by Crippen LogP contribution is -2.22. The van der Waals surface area contributed by atoms with Gasteiger partial charge in [-0.2, -0.15) is 0 Å². The van der Waals surface area contributed by atoms with E-state index in [2.05, 4.69) is 0 Å². The Morgan fingerprint density at radius 2 is 1.68 bits per heavy atom. The summed E-state index contributed by atoms with van der Waals surface area (Å²) in [6.45, 7) is 1.56. The molecule has 1 atom stereocenters. The molecule has 0 spiro atoms. The number of hydrogen-bond acceptors (Lipinski definition) is 3. The Bertz CT molecular complexity index is 488. The van der Waals surface area contributed by atoms with Crippen LogP contribution in [0.4, 0.5) is 13.2 Å². The maximum atomic E-state index is 13.3. The Kier molecular flexibility index (Phi) is 5.00. The van der Waals surface area contributed by atoms with E-state index in [0.717, 1.165) is 44.4 Å². The minimum Gasteiger partial charge on any atom is -0.371 e. The highest BCUT2D eigenvalue weighted by atomic mass is 19.2. The van der Waals surface area contributed by atoms with Gasteiger partial charge in [0.25, 0.3) is 0 Å². The van der Waals surface area contributed by atoms with Crippen LogP contribution in [0.2, 0.25) is 0 Å². The summed E-state index contributed by atoms with van der Waals surface area (Å²) in [5.41, 5.74) is 0.525. The van der Waals surface area contributed by atoms with Crippen LogP contribution >= 0.6 is 0 Å². The Hall–Kier alpha value is -1.11. The molecule has 0 N–H and O–H groups in total. The highest BCUT2D eigenvalue weighted by Gasteiger charge is 2.25. The van der Waals surface area contributed by atoms with Gasteiger partial charge in [0.05, 0.1) is 19.3 Å². The second kappa shape index (κ2) is 6.98. The zero-order valence-electron chi connectivity index (χ0n) is 12.2. The molecule has 0 aromatic heterocycles. The first-order valence-corrected chi connectivity index (χ1v) is 7.59. The van der Waals surface area contributed by atoms with Crippen LogP contribution in [0.3, 0.4) is 0 Å². The number of rotatable bonds is 6. The second-order valence-corrected chi connectivity index (χ2v) is 5.88. The van der Waals surface area contributed by atoms with E-state index in [1.54, 1.807) is 0 Å². The van der Waals surface area contributed by atoms with E-state index < -0.39 is 17.5 Å². The van der Waals surface area contributed by atoms with Gasteiger partial charge in [0.15, 0.2) is 17.5 Å². The number of epoxide rings is 1. The third-order valence-corrected chi connectivity index (χ3v) is 4.24. The standard InChI is InChI=1S/C16H19F3O3/c17-14-5-11(6-15(18)16(14)19)10-1-3-12(4-2-10)22-9-20-7-13-8-21-13/h5-6,10,12-13H,1-4,7-9H2. The predicted molar refractivity (Wildman–Crippen MR) is 73.0 cm³/mol. The SMILES string of the molecule is Fc1cc(C2CCC(OCOCC3CO3)CC2)cc(F)c1F. The maximum Gasteiger partial charge on any atom is 0.194 e. The first-order valence-electron chi connectivity index (χ1n) is 7.59. The lowest BCUT2D eigenvalue weighted by Gasteiger charge is -2.28. The summed E-state index contributed by atoms with van der Waals surface area (Å²) >= 11 is 0. The molecule has 2 fully saturated rings. The van der Waals surface area contributed by atoms with Crippen molar-refractivity contribution in [2.45, 2.75) is 43.8 Å². The molecule has 1 saturated heterocycles. The van der Waals surface area contributed by atoms with Crippen LogP contribution < -0.4 is 0 Å². The van der Waals surface area contributed by atoms with Gasteiger partial charge in [0, 0.05) is 0 Å². The van der Waals surface area contributed by atoms with E-state index in [9.17, 15) is 13.2 Å². The van der Waals surface area contributed by atoms with Crippen molar-refractivity contribution in [3.05, 3.63) is 35.1 Å². The van der Waals surface area contributed by atoms with E-state index in [1.807, 2.05) is 0 Å². The molecule has 1 aliphatic carbocycles. The molecule has 0 bridgehead atoms. The summed E-state index contributed by atoms with van der Waals surface area (Å²) in [6, 6.07) is 2.20. The van der Waals surface area contributed by atoms with Gasteiger partial charge in [-0.15, -0.1) is 0 Å². The van der Waals surface area contributed by atoms with Gasteiger partial charge >= 0.3 is 0 Å². The van der Waals surface area contributed by atoms with E-state index >= 15 is 0 Å². The van der Waals surface area contributed by atoms with Gasteiger partial charge < -0.3 is 14.2 Å². The molecular formula is C16H19F3O3. The summed E-state index contributed by atoms with van der Waals surface area (Å²) in [4.78, 5) is 0. The molecule has 1 unspecified atom stereocenters. The van der Waals surface area contributed by atoms with Crippen LogP contribution in [0.5, 0.6) is 0 Å². The molecule has 1 heterocycles. The molecule has 1 aliphatic heterocycles. The minimum atomic E-state index is -1.41. The topological polar surface area (TPSA) is 31.0 Å². The normalized spacial score (nSPS) is 27.9. The molecule has 122 valence electrons. The average molecular weight is 316 g/mol. The fraction of sp³-hybridized carbons (Fsp3) is 0.625. The Morgan fingerprint density at radius 1 is 1.05 bits per heavy atom. The van der Waals surface area contributed by atoms with Crippen LogP contribution in [-0.4, -0.2) is 32.2 Å². The quantitative estimate of drug-likeness (QED) is 0.348. The van der Waals surface area contributed by atoms with Gasteiger partial charge in [-0.1, -0.05) is 0 Å². The second-order valence-electron chi connectivity index (χ2n) is 5.88. The van der Waals surface area contributed by atoms with E-state index in [0.29, 0.717) is 12.2 Å². The van der Waals surface area contributed by atoms with Crippen LogP contribution in [0.25, 0.3) is 0 Å². The van der Waals surface area contributed by atoms with Crippen molar-refractivity contribution in [3.63, 3.8) is 0 Å². The number of hydrogen-bond donors (Lipinski definition) is 0. The Labute approximate surface area is 127 Å². The number of ether oxygens (including phenoxy) is 3. The lowest BCUT2D eigenvalue weighted by molar-refractivity contribution is -0.102. The molecule has 0 amide bonds. The van der Waals surface area contributed by atoms with E-state index in [1.165, 1.54) is 0 Å². The number of benzene rings is 1. The van der Waals surface area contributed by atoms with Gasteiger partial charge in [0.1, 0.15) is 12.9 Å². The Morgan fingerprint density at radius 3 is 2.27 bits per heavy atom. The van der Waals surface area contributed by atoms with Gasteiger partial charge in [-0.25, -0.2) is 13.2 Å². The molecule has 0 radical (unpaired) electrons. The molecule has 1 aromatic carbocycles. The van der Waals surface area contributed by atoms with Crippen molar-refractivity contribution in [1.29, 1.82) is 0 Å². The molecule has 22 heavy (non-hydrogen) atoms. The van der Waals surface area contributed by atoms with E-state index in [4.69, 9.17) is 14.2 Å². The van der Waals surface area contributed by atoms with Crippen molar-refractivity contribution in [2.24, 2.45) is 0 Å². The minimum absolute atomic E-state index is 0.0465. The van der Waals surface area contributed by atoms with Gasteiger partial charge in [-0.3, -0.25) is 0 Å². The zero-order valence-corrected chi connectivity index (χ0v) is 12.2. The third kappa shape index (κ3) is 4.00. The van der Waals surface area contributed by atoms with Crippen LogP contribution in [0, 0.1) is 17.5 Å². The molecule has 1 aromatic rings. The summed E-state index contributed by atoms with van der Waals surface area (Å²) in [6.07, 6.45) is 3.46. The maximum absolute atomic E-state index is 13.3. The van der Waals surface area contributed by atoms with Crippen LogP contribution in [0.15, 0.2) is 12.1 Å². The van der Waals surface area contributed by atoms with E-state index in [-0.39, 0.29) is 24.9 Å². The van der Waals surface area contributed by atoms with Crippen molar-refractivity contribution in [3.8, 4) is 0 Å². The van der Waals surface area contributed by atoms with Crippen LogP contribution in [0.1, 0.15) is 37.2 Å². The van der Waals surface area contributed by atoms with Crippen molar-refractivity contribution < 1.29 is 27.4 Å². The molecule has 2 aliphatic rings. The summed E-state index contributed by atoms with van der Waals surface area (Å²) < 4.78 is 55.5. The first-order chi connectivity index (χ1) is 10.6. The predicted octanol–water partition coefficient (Wildman–Crippen LogP) is 3.52. The van der Waals surface area contributed by atoms with Gasteiger partial charge in [-0.05, 0) is 49.3 Å². The molecule has 3 rings (SSSR count). The van der Waals surface area contributed by atoms with Gasteiger partial charge in [0.2, 0.25) is 0 Å². The van der Waals surface area contributed by atoms with Crippen LogP contribution in [-0.2, 0) is 14.2 Å². The summed E-state index contributed by atoms with van der Waals surface area (Å²) in [5, 5.41) is 0. The summed E-state index contributed by atoms with van der Waals surface area (Å²) in [5.74, 6) is -3.60.